The summed E-state index contributed by atoms with van der Waals surface area (Å²) in [6.07, 6.45) is 5.21. The van der Waals surface area contributed by atoms with Crippen LogP contribution in [0.5, 0.6) is 5.75 Å². The third-order valence-electron chi connectivity index (χ3n) is 5.25. The second kappa shape index (κ2) is 5.87. The molecule has 0 atom stereocenters. The van der Waals surface area contributed by atoms with Gasteiger partial charge < -0.3 is 4.74 Å². The number of fused-ring (bicyclic) bond motifs is 5. The van der Waals surface area contributed by atoms with Gasteiger partial charge in [-0.15, -0.1) is 16.4 Å². The number of benzene rings is 1. The van der Waals surface area contributed by atoms with E-state index in [0.717, 1.165) is 51.4 Å². The van der Waals surface area contributed by atoms with Crippen LogP contribution in [0.1, 0.15) is 16.9 Å². The van der Waals surface area contributed by atoms with Gasteiger partial charge in [0.15, 0.2) is 11.5 Å². The van der Waals surface area contributed by atoms with Gasteiger partial charge in [-0.05, 0) is 55.2 Å². The van der Waals surface area contributed by atoms with Crippen LogP contribution in [-0.2, 0) is 12.8 Å². The van der Waals surface area contributed by atoms with Crippen LogP contribution in [0.3, 0.4) is 0 Å². The number of aromatic nitrogens is 6. The molecule has 0 bridgehead atoms. The lowest BCUT2D eigenvalue weighted by atomic mass is 10.1. The highest BCUT2D eigenvalue weighted by molar-refractivity contribution is 7.19. The number of nitrogens with one attached hydrogen (secondary N) is 1. The predicted octanol–water partition coefficient (Wildman–Crippen LogP) is 3.89. The zero-order valence-corrected chi connectivity index (χ0v) is 16.0. The Morgan fingerprint density at radius 3 is 2.93 bits per heavy atom. The van der Waals surface area contributed by atoms with Crippen LogP contribution in [0, 0.1) is 0 Å². The molecule has 4 aromatic heterocycles. The first kappa shape index (κ1) is 15.8. The molecule has 1 N–H and O–H groups in total. The fourth-order valence-corrected chi connectivity index (χ4v) is 5.08. The Balaban J connectivity index is 1.44. The summed E-state index contributed by atoms with van der Waals surface area (Å²) in [4.78, 5) is 11.9. The van der Waals surface area contributed by atoms with Crippen molar-refractivity contribution in [1.29, 1.82) is 0 Å². The second-order valence-electron chi connectivity index (χ2n) is 6.88. The summed E-state index contributed by atoms with van der Waals surface area (Å²) in [5, 5.41) is 13.3. The van der Waals surface area contributed by atoms with E-state index in [4.69, 9.17) is 9.72 Å². The lowest BCUT2D eigenvalue weighted by Gasteiger charge is -1.99. The Hall–Kier alpha value is -3.26. The van der Waals surface area contributed by atoms with Gasteiger partial charge in [0.05, 0.1) is 18.2 Å². The van der Waals surface area contributed by atoms with Crippen LogP contribution in [0.2, 0.25) is 0 Å². The Morgan fingerprint density at radius 1 is 1.18 bits per heavy atom. The summed E-state index contributed by atoms with van der Waals surface area (Å²) < 4.78 is 6.99. The molecular weight excluding hydrogens is 372 g/mol. The largest absolute Gasteiger partial charge is 0.497 e. The molecule has 1 aromatic carbocycles. The normalized spacial score (nSPS) is 13.5. The first-order valence-electron chi connectivity index (χ1n) is 9.16. The minimum absolute atomic E-state index is 0.625. The van der Waals surface area contributed by atoms with E-state index in [1.165, 1.54) is 16.9 Å². The summed E-state index contributed by atoms with van der Waals surface area (Å²) in [5.74, 6) is 1.45. The van der Waals surface area contributed by atoms with E-state index >= 15 is 0 Å². The van der Waals surface area contributed by atoms with Crippen LogP contribution in [0.15, 0.2) is 36.7 Å². The number of nitrogens with zero attached hydrogens (tertiary/aromatic N) is 5. The van der Waals surface area contributed by atoms with E-state index in [0.29, 0.717) is 5.82 Å². The van der Waals surface area contributed by atoms with E-state index in [1.54, 1.807) is 29.3 Å². The number of methoxy groups -OCH3 is 1. The molecule has 0 amide bonds. The number of hydrogen-bond donors (Lipinski definition) is 1. The molecule has 8 heteroatoms. The van der Waals surface area contributed by atoms with E-state index < -0.39 is 0 Å². The summed E-state index contributed by atoms with van der Waals surface area (Å²) in [5.41, 5.74) is 4.91. The monoisotopic (exact) mass is 388 g/mol. The average Bonchev–Trinajstić information content (AvgIpc) is 3.48. The van der Waals surface area contributed by atoms with E-state index in [9.17, 15) is 0 Å². The van der Waals surface area contributed by atoms with Gasteiger partial charge >= 0.3 is 0 Å². The van der Waals surface area contributed by atoms with E-state index in [2.05, 4.69) is 20.3 Å². The SMILES string of the molecule is COc1ccc(-c2cc(-c3nc4c5c6c(sc5ncn4n3)CCC6)[nH]n2)cc1. The van der Waals surface area contributed by atoms with Crippen molar-refractivity contribution in [2.75, 3.05) is 7.11 Å². The highest BCUT2D eigenvalue weighted by Gasteiger charge is 2.22. The fourth-order valence-electron chi connectivity index (χ4n) is 3.85. The molecule has 0 spiro atoms. The van der Waals surface area contributed by atoms with Gasteiger partial charge in [-0.3, -0.25) is 5.10 Å². The zero-order chi connectivity index (χ0) is 18.7. The van der Waals surface area contributed by atoms with Crippen molar-refractivity contribution in [3.63, 3.8) is 0 Å². The van der Waals surface area contributed by atoms with Gasteiger partial charge in [0, 0.05) is 10.4 Å². The Morgan fingerprint density at radius 2 is 2.07 bits per heavy atom. The van der Waals surface area contributed by atoms with Gasteiger partial charge in [0.25, 0.3) is 0 Å². The third-order valence-corrected chi connectivity index (χ3v) is 6.45. The van der Waals surface area contributed by atoms with Gasteiger partial charge in [-0.2, -0.15) is 5.10 Å². The van der Waals surface area contributed by atoms with Crippen LogP contribution in [-0.4, -0.2) is 36.9 Å². The minimum atomic E-state index is 0.625. The maximum atomic E-state index is 5.22. The van der Waals surface area contributed by atoms with Crippen molar-refractivity contribution in [1.82, 2.24) is 29.8 Å². The predicted molar refractivity (Wildman–Crippen MR) is 108 cm³/mol. The second-order valence-corrected chi connectivity index (χ2v) is 7.96. The highest BCUT2D eigenvalue weighted by atomic mass is 32.1. The maximum absolute atomic E-state index is 5.22. The first-order chi connectivity index (χ1) is 13.8. The first-order valence-corrected chi connectivity index (χ1v) is 9.97. The lowest BCUT2D eigenvalue weighted by Crippen LogP contribution is -1.90. The molecule has 28 heavy (non-hydrogen) atoms. The molecule has 0 unspecified atom stereocenters. The number of rotatable bonds is 3. The summed E-state index contributed by atoms with van der Waals surface area (Å²) >= 11 is 1.79. The van der Waals surface area contributed by atoms with Crippen molar-refractivity contribution >= 4 is 27.2 Å². The molecule has 4 heterocycles. The summed E-state index contributed by atoms with van der Waals surface area (Å²) in [6.45, 7) is 0. The zero-order valence-electron chi connectivity index (χ0n) is 15.1. The van der Waals surface area contributed by atoms with Crippen molar-refractivity contribution in [2.45, 2.75) is 19.3 Å². The molecule has 6 rings (SSSR count). The number of ether oxygens (including phenoxy) is 1. The van der Waals surface area contributed by atoms with Gasteiger partial charge in [0.2, 0.25) is 0 Å². The number of thiophene rings is 1. The Bertz CT molecular complexity index is 1330. The molecule has 138 valence electrons. The van der Waals surface area contributed by atoms with Crippen LogP contribution < -0.4 is 4.74 Å². The van der Waals surface area contributed by atoms with Gasteiger partial charge in [-0.25, -0.2) is 14.5 Å². The summed E-state index contributed by atoms with van der Waals surface area (Å²) in [7, 11) is 1.66. The van der Waals surface area contributed by atoms with Crippen LogP contribution in [0.25, 0.3) is 38.6 Å². The number of aryl methyl sites for hydroxylation is 2. The molecule has 0 aliphatic heterocycles. The lowest BCUT2D eigenvalue weighted by molar-refractivity contribution is 0.415. The van der Waals surface area contributed by atoms with Crippen molar-refractivity contribution < 1.29 is 4.74 Å². The molecule has 1 aliphatic carbocycles. The summed E-state index contributed by atoms with van der Waals surface area (Å²) in [6, 6.07) is 9.79. The van der Waals surface area contributed by atoms with Crippen LogP contribution in [0.4, 0.5) is 0 Å². The Labute approximate surface area is 164 Å². The van der Waals surface area contributed by atoms with Gasteiger partial charge in [-0.1, -0.05) is 0 Å². The van der Waals surface area contributed by atoms with Crippen LogP contribution >= 0.6 is 11.3 Å². The molecule has 0 saturated heterocycles. The molecule has 0 fully saturated rings. The topological polar surface area (TPSA) is 81.0 Å². The fraction of sp³-hybridized carbons (Fsp3) is 0.200. The molecule has 1 aliphatic rings. The maximum Gasteiger partial charge on any atom is 0.200 e. The Kier molecular flexibility index (Phi) is 3.30. The molecule has 0 radical (unpaired) electrons. The number of H-pyrrole nitrogens is 1. The number of aromatic amines is 1. The highest BCUT2D eigenvalue weighted by Crippen LogP contribution is 2.38. The van der Waals surface area contributed by atoms with Crippen molar-refractivity contribution in [2.24, 2.45) is 0 Å². The standard InChI is InChI=1S/C20H16N6OS/c1-27-12-7-5-11(6-8-12)14-9-15(24-23-14)18-22-19-17-13-3-2-4-16(13)28-20(17)21-10-26(19)25-18/h5-10H,2-4H2,1H3,(H,23,24). The number of hydrogen-bond acceptors (Lipinski definition) is 6. The third kappa shape index (κ3) is 2.27. The van der Waals surface area contributed by atoms with E-state index in [-0.39, 0.29) is 0 Å². The van der Waals surface area contributed by atoms with E-state index in [1.807, 2.05) is 30.3 Å². The van der Waals surface area contributed by atoms with Crippen molar-refractivity contribution in [3.05, 3.63) is 47.1 Å². The molecule has 7 nitrogen and oxygen atoms in total. The smallest absolute Gasteiger partial charge is 0.200 e. The molecular formula is C20H16N6OS. The minimum Gasteiger partial charge on any atom is -0.497 e. The van der Waals surface area contributed by atoms with Crippen molar-refractivity contribution in [3.8, 4) is 28.5 Å². The molecule has 5 aromatic rings. The average molecular weight is 388 g/mol. The quantitative estimate of drug-likeness (QED) is 0.507. The van der Waals surface area contributed by atoms with Gasteiger partial charge in [0.1, 0.15) is 22.6 Å². The molecule has 0 saturated carbocycles.